The molecule has 3 aromatic carbocycles. The first-order valence-electron chi connectivity index (χ1n) is 14.0. The highest BCUT2D eigenvalue weighted by Gasteiger charge is 2.43. The molecule has 0 bridgehead atoms. The van der Waals surface area contributed by atoms with Crippen LogP contribution in [0.5, 0.6) is 5.75 Å². The van der Waals surface area contributed by atoms with Crippen LogP contribution in [0, 0.1) is 5.92 Å². The van der Waals surface area contributed by atoms with Crippen molar-refractivity contribution >= 4 is 28.9 Å². The fourth-order valence-corrected chi connectivity index (χ4v) is 5.45. The maximum atomic E-state index is 13.3. The van der Waals surface area contributed by atoms with Crippen molar-refractivity contribution in [2.75, 3.05) is 68.7 Å². The summed E-state index contributed by atoms with van der Waals surface area (Å²) in [5.41, 5.74) is 4.35. The Morgan fingerprint density at radius 3 is 2.30 bits per heavy atom. The Morgan fingerprint density at radius 1 is 0.875 bits per heavy atom. The van der Waals surface area contributed by atoms with Crippen molar-refractivity contribution in [3.63, 3.8) is 0 Å². The summed E-state index contributed by atoms with van der Waals surface area (Å²) in [5.74, 6) is 0.916. The third-order valence-electron chi connectivity index (χ3n) is 7.72. The number of hydrogen-bond donors (Lipinski definition) is 2. The minimum Gasteiger partial charge on any atom is -0.495 e. The van der Waals surface area contributed by atoms with Gasteiger partial charge >= 0.3 is 0 Å². The summed E-state index contributed by atoms with van der Waals surface area (Å²) in [6.45, 7) is 4.22. The largest absolute Gasteiger partial charge is 0.495 e. The number of piperazine rings is 1. The van der Waals surface area contributed by atoms with Crippen molar-refractivity contribution in [2.45, 2.75) is 18.8 Å². The van der Waals surface area contributed by atoms with E-state index in [1.165, 1.54) is 5.56 Å². The van der Waals surface area contributed by atoms with Crippen molar-refractivity contribution in [3.05, 3.63) is 83.9 Å². The van der Waals surface area contributed by atoms with Crippen molar-refractivity contribution in [1.29, 1.82) is 0 Å². The topological polar surface area (TPSA) is 83.1 Å². The van der Waals surface area contributed by atoms with Gasteiger partial charge in [0.2, 0.25) is 5.91 Å². The molecule has 2 aliphatic rings. The third-order valence-corrected chi connectivity index (χ3v) is 7.72. The van der Waals surface area contributed by atoms with E-state index in [9.17, 15) is 9.59 Å². The molecule has 1 heterocycles. The van der Waals surface area contributed by atoms with E-state index in [1.807, 2.05) is 54.6 Å². The Balaban J connectivity index is 1.29. The highest BCUT2D eigenvalue weighted by molar-refractivity contribution is 6.02. The predicted molar refractivity (Wildman–Crippen MR) is 159 cm³/mol. The van der Waals surface area contributed by atoms with Gasteiger partial charge in [-0.05, 0) is 54.7 Å². The second kappa shape index (κ2) is 12.9. The zero-order valence-corrected chi connectivity index (χ0v) is 23.3. The van der Waals surface area contributed by atoms with Crippen molar-refractivity contribution in [3.8, 4) is 5.75 Å². The molecule has 1 saturated heterocycles. The van der Waals surface area contributed by atoms with E-state index in [0.29, 0.717) is 24.4 Å². The molecule has 1 aliphatic heterocycles. The average molecular weight is 543 g/mol. The lowest BCUT2D eigenvalue weighted by atomic mass is 10.1. The Hall–Kier alpha value is -4.04. The zero-order chi connectivity index (χ0) is 27.9. The lowest BCUT2D eigenvalue weighted by molar-refractivity contribution is -0.117. The molecule has 8 heteroatoms. The first kappa shape index (κ1) is 27.5. The van der Waals surface area contributed by atoms with Gasteiger partial charge in [0, 0.05) is 63.7 Å². The van der Waals surface area contributed by atoms with Gasteiger partial charge in [-0.2, -0.15) is 0 Å². The summed E-state index contributed by atoms with van der Waals surface area (Å²) in [5, 5.41) is 6.09. The fraction of sp³-hybridized carbons (Fsp3) is 0.375. The van der Waals surface area contributed by atoms with Crippen LogP contribution in [-0.2, 0) is 9.53 Å². The Labute approximate surface area is 236 Å². The lowest BCUT2D eigenvalue weighted by Gasteiger charge is -2.38. The average Bonchev–Trinajstić information content (AvgIpc) is 3.81. The molecule has 1 unspecified atom stereocenters. The molecule has 2 fully saturated rings. The second-order valence-electron chi connectivity index (χ2n) is 10.3. The van der Waals surface area contributed by atoms with Gasteiger partial charge in [0.1, 0.15) is 5.75 Å². The summed E-state index contributed by atoms with van der Waals surface area (Å²) in [6, 6.07) is 23.9. The van der Waals surface area contributed by atoms with Crippen molar-refractivity contribution in [2.24, 2.45) is 5.92 Å². The fourth-order valence-electron chi connectivity index (χ4n) is 5.45. The van der Waals surface area contributed by atoms with Crippen LogP contribution in [0.2, 0.25) is 0 Å². The van der Waals surface area contributed by atoms with E-state index in [0.717, 1.165) is 56.1 Å². The number of para-hydroxylation sites is 2. The van der Waals surface area contributed by atoms with Gasteiger partial charge < -0.3 is 29.9 Å². The number of anilines is 3. The monoisotopic (exact) mass is 542 g/mol. The van der Waals surface area contributed by atoms with Gasteiger partial charge in [0.15, 0.2) is 0 Å². The summed E-state index contributed by atoms with van der Waals surface area (Å²) in [6.07, 6.45) is 1.57. The minimum atomic E-state index is -0.150. The van der Waals surface area contributed by atoms with E-state index >= 15 is 0 Å². The van der Waals surface area contributed by atoms with Gasteiger partial charge in [-0.3, -0.25) is 9.59 Å². The maximum Gasteiger partial charge on any atom is 0.253 e. The van der Waals surface area contributed by atoms with Crippen molar-refractivity contribution in [1.82, 2.24) is 5.32 Å². The molecule has 0 aromatic heterocycles. The number of ether oxygens (including phenoxy) is 2. The smallest absolute Gasteiger partial charge is 0.253 e. The number of carbonyl (C=O) groups excluding carboxylic acids is 2. The first-order valence-corrected chi connectivity index (χ1v) is 14.0. The highest BCUT2D eigenvalue weighted by atomic mass is 16.5. The molecule has 5 rings (SSSR count). The molecule has 2 atom stereocenters. The molecule has 0 spiro atoms. The lowest BCUT2D eigenvalue weighted by Crippen LogP contribution is -2.47. The van der Waals surface area contributed by atoms with Gasteiger partial charge in [0.25, 0.3) is 5.91 Å². The van der Waals surface area contributed by atoms with Crippen LogP contribution in [-0.4, -0.2) is 65.4 Å². The maximum absolute atomic E-state index is 13.3. The number of carbonyl (C=O) groups is 2. The first-order chi connectivity index (χ1) is 19.6. The number of hydrogen-bond acceptors (Lipinski definition) is 6. The van der Waals surface area contributed by atoms with E-state index in [-0.39, 0.29) is 23.7 Å². The zero-order valence-electron chi connectivity index (χ0n) is 23.3. The summed E-state index contributed by atoms with van der Waals surface area (Å²) in [7, 11) is 3.34. The summed E-state index contributed by atoms with van der Waals surface area (Å²) in [4.78, 5) is 30.9. The standard InChI is InChI=1S/C32H38N4O4/c1-39-20-8-15-33-31(37)27-21-24(34-32(38)26-22-25(26)23-9-4-3-5-10-23)13-14-28(27)35-16-18-36(19-17-35)29-11-6-7-12-30(29)40-2/h3-7,9-14,21,25-26H,8,15-20,22H2,1-2H3,(H,33,37)(H,34,38)/t25-,26?/m0/s1. The number of nitrogens with zero attached hydrogens (tertiary/aromatic N) is 2. The van der Waals surface area contributed by atoms with Gasteiger partial charge in [-0.1, -0.05) is 42.5 Å². The Morgan fingerprint density at radius 2 is 1.57 bits per heavy atom. The molecule has 210 valence electrons. The Kier molecular flexibility index (Phi) is 8.86. The summed E-state index contributed by atoms with van der Waals surface area (Å²) < 4.78 is 10.7. The number of rotatable bonds is 11. The molecular weight excluding hydrogens is 504 g/mol. The van der Waals surface area contributed by atoms with Crippen LogP contribution in [0.3, 0.4) is 0 Å². The van der Waals surface area contributed by atoms with E-state index in [1.54, 1.807) is 14.2 Å². The molecule has 2 N–H and O–H groups in total. The van der Waals surface area contributed by atoms with Crippen LogP contribution in [0.15, 0.2) is 72.8 Å². The molecule has 0 radical (unpaired) electrons. The van der Waals surface area contributed by atoms with Gasteiger partial charge in [-0.25, -0.2) is 0 Å². The van der Waals surface area contributed by atoms with Gasteiger partial charge in [0.05, 0.1) is 18.4 Å². The molecule has 1 aliphatic carbocycles. The summed E-state index contributed by atoms with van der Waals surface area (Å²) >= 11 is 0. The third kappa shape index (κ3) is 6.39. The van der Waals surface area contributed by atoms with Gasteiger partial charge in [-0.15, -0.1) is 0 Å². The van der Waals surface area contributed by atoms with E-state index in [4.69, 9.17) is 9.47 Å². The van der Waals surface area contributed by atoms with Crippen LogP contribution < -0.4 is 25.2 Å². The van der Waals surface area contributed by atoms with E-state index < -0.39 is 0 Å². The predicted octanol–water partition coefficient (Wildman–Crippen LogP) is 4.53. The molecule has 2 amide bonds. The molecule has 8 nitrogen and oxygen atoms in total. The molecular formula is C32H38N4O4. The number of nitrogens with one attached hydrogen (secondary N) is 2. The highest BCUT2D eigenvalue weighted by Crippen LogP contribution is 2.48. The minimum absolute atomic E-state index is 0.00141. The normalized spacial score (nSPS) is 18.2. The van der Waals surface area contributed by atoms with Crippen LogP contribution in [0.4, 0.5) is 17.1 Å². The number of benzene rings is 3. The quantitative estimate of drug-likeness (QED) is 0.347. The van der Waals surface area contributed by atoms with E-state index in [2.05, 4.69) is 38.6 Å². The molecule has 3 aromatic rings. The second-order valence-corrected chi connectivity index (χ2v) is 10.3. The molecule has 1 saturated carbocycles. The Bertz CT molecular complexity index is 1310. The van der Waals surface area contributed by atoms with Crippen LogP contribution >= 0.6 is 0 Å². The van der Waals surface area contributed by atoms with Crippen LogP contribution in [0.25, 0.3) is 0 Å². The molecule has 40 heavy (non-hydrogen) atoms. The van der Waals surface area contributed by atoms with Crippen LogP contribution in [0.1, 0.15) is 34.7 Å². The van der Waals surface area contributed by atoms with Crippen molar-refractivity contribution < 1.29 is 19.1 Å². The SMILES string of the molecule is COCCCNC(=O)c1cc(NC(=O)C2C[C@H]2c2ccccc2)ccc1N1CCN(c2ccccc2OC)CC1. The number of amides is 2. The number of methoxy groups -OCH3 is 2.